The second-order valence-electron chi connectivity index (χ2n) is 4.48. The summed E-state index contributed by atoms with van der Waals surface area (Å²) >= 11 is 6.00. The number of halogens is 1. The van der Waals surface area contributed by atoms with Crippen molar-refractivity contribution >= 4 is 35.1 Å². The fourth-order valence-electron chi connectivity index (χ4n) is 1.78. The third kappa shape index (κ3) is 4.29. The summed E-state index contributed by atoms with van der Waals surface area (Å²) in [6.45, 7) is 1.48. The van der Waals surface area contributed by atoms with Crippen LogP contribution in [-0.4, -0.2) is 11.7 Å². The van der Waals surface area contributed by atoms with Gasteiger partial charge in [-0.3, -0.25) is 9.59 Å². The molecule has 0 radical (unpaired) electrons. The first-order valence-corrected chi connectivity index (χ1v) is 6.78. The van der Waals surface area contributed by atoms with Crippen LogP contribution in [0.4, 0.5) is 5.69 Å². The fraction of sp³-hybridized carbons (Fsp3) is 0.0588. The number of hydrogen-bond donors (Lipinski definition) is 1. The van der Waals surface area contributed by atoms with Crippen molar-refractivity contribution in [3.05, 3.63) is 70.8 Å². The molecule has 0 aliphatic heterocycles. The Morgan fingerprint density at radius 2 is 1.86 bits per heavy atom. The van der Waals surface area contributed by atoms with Gasteiger partial charge in [0, 0.05) is 22.3 Å². The number of benzene rings is 2. The highest BCUT2D eigenvalue weighted by Crippen LogP contribution is 2.16. The Bertz CT molecular complexity index is 707. The average Bonchev–Trinajstić information content (AvgIpc) is 2.46. The molecule has 4 heteroatoms. The van der Waals surface area contributed by atoms with Crippen LogP contribution in [0.15, 0.2) is 54.6 Å². The van der Waals surface area contributed by atoms with Crippen molar-refractivity contribution in [3.8, 4) is 0 Å². The molecule has 0 saturated heterocycles. The quantitative estimate of drug-likeness (QED) is 0.679. The molecule has 2 rings (SSSR count). The van der Waals surface area contributed by atoms with E-state index in [1.54, 1.807) is 36.4 Å². The number of amides is 1. The maximum absolute atomic E-state index is 11.9. The van der Waals surface area contributed by atoms with Gasteiger partial charge in [0.15, 0.2) is 5.78 Å². The molecule has 1 amide bonds. The van der Waals surface area contributed by atoms with Crippen molar-refractivity contribution in [1.29, 1.82) is 0 Å². The van der Waals surface area contributed by atoms with Crippen LogP contribution in [0, 0.1) is 0 Å². The summed E-state index contributed by atoms with van der Waals surface area (Å²) in [6.07, 6.45) is 3.05. The minimum absolute atomic E-state index is 0.0438. The maximum Gasteiger partial charge on any atom is 0.248 e. The Kier molecular flexibility index (Phi) is 4.90. The van der Waals surface area contributed by atoms with E-state index in [0.717, 1.165) is 5.56 Å². The minimum atomic E-state index is -0.282. The smallest absolute Gasteiger partial charge is 0.248 e. The summed E-state index contributed by atoms with van der Waals surface area (Å²) in [4.78, 5) is 23.1. The summed E-state index contributed by atoms with van der Waals surface area (Å²) in [5.41, 5.74) is 1.91. The molecule has 21 heavy (non-hydrogen) atoms. The van der Waals surface area contributed by atoms with Crippen LogP contribution in [0.25, 0.3) is 6.08 Å². The van der Waals surface area contributed by atoms with Crippen molar-refractivity contribution in [2.75, 3.05) is 5.32 Å². The predicted molar refractivity (Wildman–Crippen MR) is 85.6 cm³/mol. The Labute approximate surface area is 128 Å². The predicted octanol–water partition coefficient (Wildman–Crippen LogP) is 4.19. The molecule has 0 saturated carbocycles. The van der Waals surface area contributed by atoms with Crippen molar-refractivity contribution in [3.63, 3.8) is 0 Å². The Morgan fingerprint density at radius 1 is 1.10 bits per heavy atom. The number of carbonyl (C=O) groups is 2. The van der Waals surface area contributed by atoms with Gasteiger partial charge in [0.1, 0.15) is 0 Å². The van der Waals surface area contributed by atoms with Crippen LogP contribution >= 0.6 is 11.6 Å². The number of carbonyl (C=O) groups excluding carboxylic acids is 2. The highest BCUT2D eigenvalue weighted by Gasteiger charge is 2.02. The molecule has 106 valence electrons. The Morgan fingerprint density at radius 3 is 2.57 bits per heavy atom. The van der Waals surface area contributed by atoms with E-state index in [1.807, 2.05) is 18.2 Å². The van der Waals surface area contributed by atoms with Crippen LogP contribution < -0.4 is 5.32 Å². The summed E-state index contributed by atoms with van der Waals surface area (Å²) in [6, 6.07) is 14.1. The molecule has 0 bridgehead atoms. The van der Waals surface area contributed by atoms with E-state index in [4.69, 9.17) is 11.6 Å². The number of nitrogens with one attached hydrogen (secondary N) is 1. The first kappa shape index (κ1) is 15.0. The summed E-state index contributed by atoms with van der Waals surface area (Å²) in [5.74, 6) is -0.326. The topological polar surface area (TPSA) is 46.2 Å². The lowest BCUT2D eigenvalue weighted by Crippen LogP contribution is -2.08. The van der Waals surface area contributed by atoms with E-state index >= 15 is 0 Å². The van der Waals surface area contributed by atoms with Crippen molar-refractivity contribution in [1.82, 2.24) is 0 Å². The Balaban J connectivity index is 2.07. The van der Waals surface area contributed by atoms with Gasteiger partial charge in [-0.2, -0.15) is 0 Å². The van der Waals surface area contributed by atoms with Crippen molar-refractivity contribution < 1.29 is 9.59 Å². The van der Waals surface area contributed by atoms with E-state index in [1.165, 1.54) is 13.0 Å². The van der Waals surface area contributed by atoms with Gasteiger partial charge in [-0.1, -0.05) is 41.9 Å². The lowest BCUT2D eigenvalue weighted by molar-refractivity contribution is -0.111. The van der Waals surface area contributed by atoms with E-state index in [-0.39, 0.29) is 11.7 Å². The average molecular weight is 300 g/mol. The van der Waals surface area contributed by atoms with Gasteiger partial charge < -0.3 is 5.32 Å². The number of rotatable bonds is 4. The number of hydrogen-bond acceptors (Lipinski definition) is 2. The molecular formula is C17H14ClNO2. The van der Waals surface area contributed by atoms with Crippen molar-refractivity contribution in [2.24, 2.45) is 0 Å². The minimum Gasteiger partial charge on any atom is -0.322 e. The first-order chi connectivity index (χ1) is 10.1. The zero-order valence-corrected chi connectivity index (χ0v) is 12.2. The zero-order valence-electron chi connectivity index (χ0n) is 11.5. The lowest BCUT2D eigenvalue weighted by Gasteiger charge is -2.04. The van der Waals surface area contributed by atoms with Gasteiger partial charge in [0.25, 0.3) is 0 Å². The van der Waals surface area contributed by atoms with Gasteiger partial charge in [-0.15, -0.1) is 0 Å². The largest absolute Gasteiger partial charge is 0.322 e. The molecule has 0 spiro atoms. The molecule has 0 aliphatic rings. The lowest BCUT2D eigenvalue weighted by atomic mass is 10.1. The standard InChI is InChI=1S/C17H14ClNO2/c1-12(20)14-6-4-7-15(11-14)19-17(21)10-9-13-5-2-3-8-16(13)18/h2-11H,1H3,(H,19,21). The van der Waals surface area contributed by atoms with E-state index < -0.39 is 0 Å². The molecule has 0 aromatic heterocycles. The molecule has 0 atom stereocenters. The SMILES string of the molecule is CC(=O)c1cccc(NC(=O)C=Cc2ccccc2Cl)c1. The molecule has 0 unspecified atom stereocenters. The normalized spacial score (nSPS) is 10.6. The van der Waals surface area contributed by atoms with E-state index in [9.17, 15) is 9.59 Å². The van der Waals surface area contributed by atoms with Crippen LogP contribution in [-0.2, 0) is 4.79 Å². The highest BCUT2D eigenvalue weighted by molar-refractivity contribution is 6.32. The molecule has 3 nitrogen and oxygen atoms in total. The molecule has 2 aromatic carbocycles. The summed E-state index contributed by atoms with van der Waals surface area (Å²) < 4.78 is 0. The van der Waals surface area contributed by atoms with Crippen LogP contribution in [0.2, 0.25) is 5.02 Å². The monoisotopic (exact) mass is 299 g/mol. The second-order valence-corrected chi connectivity index (χ2v) is 4.89. The van der Waals surface area contributed by atoms with Gasteiger partial charge in [0.05, 0.1) is 0 Å². The van der Waals surface area contributed by atoms with Gasteiger partial charge in [-0.25, -0.2) is 0 Å². The molecule has 1 N–H and O–H groups in total. The molecular weight excluding hydrogens is 286 g/mol. The fourth-order valence-corrected chi connectivity index (χ4v) is 1.97. The molecule has 0 heterocycles. The third-order valence-corrected chi connectivity index (χ3v) is 3.20. The first-order valence-electron chi connectivity index (χ1n) is 6.41. The Hall–Kier alpha value is -2.39. The number of Topliss-reactive ketones (excluding diaryl/α,β-unsaturated/α-hetero) is 1. The molecule has 0 aliphatic carbocycles. The second kappa shape index (κ2) is 6.86. The van der Waals surface area contributed by atoms with Gasteiger partial charge in [0.2, 0.25) is 5.91 Å². The van der Waals surface area contributed by atoms with Crippen molar-refractivity contribution in [2.45, 2.75) is 6.92 Å². The third-order valence-electron chi connectivity index (χ3n) is 2.86. The summed E-state index contributed by atoms with van der Waals surface area (Å²) in [7, 11) is 0. The van der Waals surface area contributed by atoms with Crippen LogP contribution in [0.1, 0.15) is 22.8 Å². The summed E-state index contributed by atoms with van der Waals surface area (Å²) in [5, 5.41) is 3.29. The van der Waals surface area contributed by atoms with Gasteiger partial charge in [-0.05, 0) is 36.8 Å². The number of ketones is 1. The van der Waals surface area contributed by atoms with E-state index in [0.29, 0.717) is 16.3 Å². The van der Waals surface area contributed by atoms with Gasteiger partial charge >= 0.3 is 0 Å². The van der Waals surface area contributed by atoms with Crippen LogP contribution in [0.3, 0.4) is 0 Å². The maximum atomic E-state index is 11.9. The highest BCUT2D eigenvalue weighted by atomic mass is 35.5. The number of anilines is 1. The molecule has 0 fully saturated rings. The molecule has 2 aromatic rings. The van der Waals surface area contributed by atoms with E-state index in [2.05, 4.69) is 5.32 Å². The van der Waals surface area contributed by atoms with Crippen LogP contribution in [0.5, 0.6) is 0 Å². The zero-order chi connectivity index (χ0) is 15.2.